The molecule has 0 fully saturated rings. The molecule has 0 atom stereocenters. The first-order chi connectivity index (χ1) is 12.5. The Morgan fingerprint density at radius 3 is 2.62 bits per heavy atom. The van der Waals surface area contributed by atoms with Crippen molar-refractivity contribution in [2.24, 2.45) is 0 Å². The monoisotopic (exact) mass is 388 g/mol. The summed E-state index contributed by atoms with van der Waals surface area (Å²) in [6.45, 7) is 4.27. The topological polar surface area (TPSA) is 77.7 Å². The fourth-order valence-corrected chi connectivity index (χ4v) is 5.43. The van der Waals surface area contributed by atoms with Gasteiger partial charge >= 0.3 is 0 Å². The fraction of sp³-hybridized carbons (Fsp3) is 0.278. The van der Waals surface area contributed by atoms with Gasteiger partial charge in [-0.25, -0.2) is 13.1 Å². The summed E-state index contributed by atoms with van der Waals surface area (Å²) < 4.78 is 27.0. The van der Waals surface area contributed by atoms with Gasteiger partial charge in [-0.05, 0) is 47.0 Å². The number of benzene rings is 2. The summed E-state index contributed by atoms with van der Waals surface area (Å²) in [5, 5.41) is 12.3. The predicted octanol–water partition coefficient (Wildman–Crippen LogP) is 2.90. The van der Waals surface area contributed by atoms with E-state index in [1.54, 1.807) is 10.7 Å². The van der Waals surface area contributed by atoms with Crippen LogP contribution < -0.4 is 0 Å². The number of aromatic nitrogens is 4. The third-order valence-corrected chi connectivity index (χ3v) is 7.00. The van der Waals surface area contributed by atoms with E-state index in [9.17, 15) is 8.42 Å². The normalized spacial score (nSPS) is 11.6. The number of rotatable bonds is 7. The summed E-state index contributed by atoms with van der Waals surface area (Å²) in [5.74, 6) is 0.436. The molecule has 26 heavy (non-hydrogen) atoms. The molecule has 2 aromatic carbocycles. The molecule has 0 saturated carbocycles. The predicted molar refractivity (Wildman–Crippen MR) is 102 cm³/mol. The summed E-state index contributed by atoms with van der Waals surface area (Å²) in [5.41, 5.74) is 2.80. The molecule has 0 N–H and O–H groups in total. The first kappa shape index (κ1) is 18.6. The van der Waals surface area contributed by atoms with Crippen LogP contribution in [0.3, 0.4) is 0 Å². The molecule has 0 aliphatic rings. The molecule has 8 heteroatoms. The van der Waals surface area contributed by atoms with Crippen molar-refractivity contribution in [1.82, 2.24) is 20.2 Å². The third kappa shape index (κ3) is 4.50. The summed E-state index contributed by atoms with van der Waals surface area (Å²) in [6.07, 6.45) is 0. The second kappa shape index (κ2) is 8.01. The number of nitrogens with zero attached hydrogens (tertiary/aromatic N) is 4. The molecular weight excluding hydrogens is 368 g/mol. The van der Waals surface area contributed by atoms with E-state index in [2.05, 4.69) is 15.5 Å². The van der Waals surface area contributed by atoms with Crippen LogP contribution in [-0.4, -0.2) is 40.1 Å². The Morgan fingerprint density at radius 2 is 1.85 bits per heavy atom. The van der Waals surface area contributed by atoms with Gasteiger partial charge in [0.2, 0.25) is 5.16 Å². The third-order valence-electron chi connectivity index (χ3n) is 3.94. The molecule has 3 aromatic rings. The lowest BCUT2D eigenvalue weighted by Gasteiger charge is -2.09. The van der Waals surface area contributed by atoms with Crippen molar-refractivity contribution >= 4 is 21.6 Å². The maximum Gasteiger partial charge on any atom is 0.209 e. The second-order valence-corrected chi connectivity index (χ2v) is 9.18. The van der Waals surface area contributed by atoms with Gasteiger partial charge in [0.05, 0.1) is 17.2 Å². The molecule has 1 aromatic heterocycles. The van der Waals surface area contributed by atoms with Crippen molar-refractivity contribution < 1.29 is 8.42 Å². The molecule has 0 aliphatic heterocycles. The van der Waals surface area contributed by atoms with Crippen LogP contribution in [0.2, 0.25) is 0 Å². The van der Waals surface area contributed by atoms with Gasteiger partial charge in [0, 0.05) is 5.75 Å². The summed E-state index contributed by atoms with van der Waals surface area (Å²) in [4.78, 5) is 0.405. The van der Waals surface area contributed by atoms with E-state index < -0.39 is 9.84 Å². The smallest absolute Gasteiger partial charge is 0.209 e. The Hall–Kier alpha value is -2.19. The minimum Gasteiger partial charge on any atom is -0.224 e. The Balaban J connectivity index is 1.65. The van der Waals surface area contributed by atoms with E-state index >= 15 is 0 Å². The largest absolute Gasteiger partial charge is 0.224 e. The lowest BCUT2D eigenvalue weighted by Crippen LogP contribution is -2.11. The summed E-state index contributed by atoms with van der Waals surface area (Å²) in [7, 11) is -3.34. The zero-order valence-electron chi connectivity index (χ0n) is 14.7. The Kier molecular flexibility index (Phi) is 5.73. The minimum atomic E-state index is -3.34. The molecule has 136 valence electrons. The van der Waals surface area contributed by atoms with Gasteiger partial charge < -0.3 is 0 Å². The van der Waals surface area contributed by atoms with Crippen LogP contribution in [0.25, 0.3) is 0 Å². The quantitative estimate of drug-likeness (QED) is 0.579. The van der Waals surface area contributed by atoms with E-state index in [-0.39, 0.29) is 5.75 Å². The molecule has 0 spiro atoms. The second-order valence-electron chi connectivity index (χ2n) is 6.04. The lowest BCUT2D eigenvalue weighted by atomic mass is 10.2. The number of hydrogen-bond donors (Lipinski definition) is 0. The van der Waals surface area contributed by atoms with Crippen LogP contribution in [0.1, 0.15) is 16.7 Å². The molecule has 6 nitrogen and oxygen atoms in total. The van der Waals surface area contributed by atoms with Gasteiger partial charge in [0.25, 0.3) is 0 Å². The Morgan fingerprint density at radius 1 is 1.08 bits per heavy atom. The van der Waals surface area contributed by atoms with Gasteiger partial charge in [-0.3, -0.25) is 0 Å². The maximum absolute atomic E-state index is 12.6. The summed E-state index contributed by atoms with van der Waals surface area (Å²) in [6, 6.07) is 15.4. The average Bonchev–Trinajstić information content (AvgIpc) is 3.05. The van der Waals surface area contributed by atoms with E-state index in [4.69, 9.17) is 0 Å². The van der Waals surface area contributed by atoms with Crippen LogP contribution in [0, 0.1) is 13.8 Å². The number of thioether (sulfide) groups is 1. The Bertz CT molecular complexity index is 985. The lowest BCUT2D eigenvalue weighted by molar-refractivity contribution is 0.596. The van der Waals surface area contributed by atoms with Crippen molar-refractivity contribution in [3.05, 3.63) is 65.2 Å². The van der Waals surface area contributed by atoms with Gasteiger partial charge in [-0.15, -0.1) is 5.10 Å². The molecule has 0 radical (unpaired) electrons. The highest BCUT2D eigenvalue weighted by Crippen LogP contribution is 2.21. The van der Waals surface area contributed by atoms with Crippen LogP contribution in [0.4, 0.5) is 0 Å². The van der Waals surface area contributed by atoms with Crippen molar-refractivity contribution in [3.8, 4) is 0 Å². The van der Waals surface area contributed by atoms with Crippen LogP contribution in [0.15, 0.2) is 58.6 Å². The van der Waals surface area contributed by atoms with Crippen molar-refractivity contribution in [3.63, 3.8) is 0 Å². The molecule has 0 saturated heterocycles. The van der Waals surface area contributed by atoms with Crippen LogP contribution >= 0.6 is 11.8 Å². The number of hydrogen-bond acceptors (Lipinski definition) is 6. The average molecular weight is 389 g/mol. The first-order valence-electron chi connectivity index (χ1n) is 8.18. The summed E-state index contributed by atoms with van der Waals surface area (Å²) >= 11 is 1.35. The molecule has 1 heterocycles. The number of sulfone groups is 1. The zero-order chi connectivity index (χ0) is 18.6. The van der Waals surface area contributed by atoms with Gasteiger partial charge in [-0.1, -0.05) is 54.2 Å². The number of tetrazole rings is 1. The molecular formula is C18H20N4O2S2. The van der Waals surface area contributed by atoms with Crippen molar-refractivity contribution in [1.29, 1.82) is 0 Å². The first-order valence-corrected chi connectivity index (χ1v) is 10.8. The molecule has 0 unspecified atom stereocenters. The van der Waals surface area contributed by atoms with E-state index in [0.29, 0.717) is 22.3 Å². The number of aryl methyl sites for hydroxylation is 2. The highest BCUT2D eigenvalue weighted by molar-refractivity contribution is 8.00. The van der Waals surface area contributed by atoms with Gasteiger partial charge in [-0.2, -0.15) is 0 Å². The van der Waals surface area contributed by atoms with Gasteiger partial charge in [0.15, 0.2) is 9.84 Å². The SMILES string of the molecule is Cc1ccc(C)c(S(=O)(=O)CCSc2nnnn2Cc2ccccc2)c1. The standard InChI is InChI=1S/C18H20N4O2S2/c1-14-8-9-15(2)17(12-14)26(23,24)11-10-25-18-19-20-21-22(18)13-16-6-4-3-5-7-16/h3-9,12H,10-11,13H2,1-2H3. The van der Waals surface area contributed by atoms with Crippen molar-refractivity contribution in [2.75, 3.05) is 11.5 Å². The van der Waals surface area contributed by atoms with Crippen LogP contribution in [-0.2, 0) is 16.4 Å². The van der Waals surface area contributed by atoms with E-state index in [1.165, 1.54) is 11.8 Å². The fourth-order valence-electron chi connectivity index (χ4n) is 2.55. The molecule has 0 aliphatic carbocycles. The minimum absolute atomic E-state index is 0.0418. The highest BCUT2D eigenvalue weighted by Gasteiger charge is 2.18. The zero-order valence-corrected chi connectivity index (χ0v) is 16.3. The van der Waals surface area contributed by atoms with E-state index in [0.717, 1.165) is 16.7 Å². The van der Waals surface area contributed by atoms with Gasteiger partial charge in [0.1, 0.15) is 0 Å². The Labute approximate surface area is 157 Å². The molecule has 3 rings (SSSR count). The van der Waals surface area contributed by atoms with Crippen molar-refractivity contribution in [2.45, 2.75) is 30.4 Å². The van der Waals surface area contributed by atoms with Crippen LogP contribution in [0.5, 0.6) is 0 Å². The molecule has 0 bridgehead atoms. The highest BCUT2D eigenvalue weighted by atomic mass is 32.2. The molecule has 0 amide bonds. The maximum atomic E-state index is 12.6. The van der Waals surface area contributed by atoms with E-state index in [1.807, 2.05) is 56.3 Å².